The molecule has 114 valence electrons. The molecule has 0 spiro atoms. The topological polar surface area (TPSA) is 55.3 Å². The predicted octanol–water partition coefficient (Wildman–Crippen LogP) is 3.67. The van der Waals surface area contributed by atoms with Crippen molar-refractivity contribution in [2.45, 2.75) is 40.2 Å². The van der Waals surface area contributed by atoms with Crippen LogP contribution in [0.1, 0.15) is 39.5 Å². The van der Waals surface area contributed by atoms with Gasteiger partial charge < -0.3 is 10.2 Å². The van der Waals surface area contributed by atoms with Gasteiger partial charge in [0.15, 0.2) is 5.58 Å². The minimum atomic E-state index is 0.418. The van der Waals surface area contributed by atoms with Crippen LogP contribution in [0.15, 0.2) is 22.6 Å². The average Bonchev–Trinajstić information content (AvgIpc) is 2.79. The molecule has 1 aliphatic heterocycles. The molecule has 0 radical (unpaired) electrons. The summed E-state index contributed by atoms with van der Waals surface area (Å²) in [5.74, 6) is 1.61. The molecule has 1 aliphatic rings. The van der Waals surface area contributed by atoms with Gasteiger partial charge in [0.05, 0.1) is 6.54 Å². The van der Waals surface area contributed by atoms with Gasteiger partial charge in [-0.25, -0.2) is 4.98 Å². The molecular formula is C17H25N3O. The zero-order valence-corrected chi connectivity index (χ0v) is 13.2. The van der Waals surface area contributed by atoms with Crippen molar-refractivity contribution >= 4 is 16.8 Å². The first-order valence-corrected chi connectivity index (χ1v) is 7.79. The van der Waals surface area contributed by atoms with Crippen molar-refractivity contribution in [3.63, 3.8) is 0 Å². The Morgan fingerprint density at radius 3 is 2.67 bits per heavy atom. The van der Waals surface area contributed by atoms with Crippen molar-refractivity contribution in [2.24, 2.45) is 11.3 Å². The van der Waals surface area contributed by atoms with Crippen molar-refractivity contribution in [1.82, 2.24) is 9.88 Å². The minimum absolute atomic E-state index is 0.418. The monoisotopic (exact) mass is 287 g/mol. The lowest BCUT2D eigenvalue weighted by molar-refractivity contribution is 0.102. The molecule has 21 heavy (non-hydrogen) atoms. The number of rotatable bonds is 2. The van der Waals surface area contributed by atoms with Crippen molar-refractivity contribution in [2.75, 3.05) is 18.8 Å². The molecular weight excluding hydrogens is 262 g/mol. The fourth-order valence-corrected chi connectivity index (χ4v) is 3.21. The standard InChI is InChI=1S/C17H25N3O/c1-17(2,3)12-6-8-20(9-7-12)11-16-19-14-10-13(18)4-5-15(14)21-16/h4-5,10,12H,6-9,11,18H2,1-3H3. The van der Waals surface area contributed by atoms with Gasteiger partial charge in [-0.2, -0.15) is 0 Å². The molecule has 1 aromatic heterocycles. The van der Waals surface area contributed by atoms with E-state index >= 15 is 0 Å². The maximum absolute atomic E-state index is 5.81. The van der Waals surface area contributed by atoms with Crippen LogP contribution < -0.4 is 5.73 Å². The van der Waals surface area contributed by atoms with E-state index in [1.165, 1.54) is 12.8 Å². The van der Waals surface area contributed by atoms with Gasteiger partial charge in [-0.3, -0.25) is 4.90 Å². The second-order valence-corrected chi connectivity index (χ2v) is 7.25. The summed E-state index contributed by atoms with van der Waals surface area (Å²) in [5.41, 5.74) is 8.61. The van der Waals surface area contributed by atoms with Gasteiger partial charge in [0.2, 0.25) is 5.89 Å². The van der Waals surface area contributed by atoms with Crippen molar-refractivity contribution < 1.29 is 4.42 Å². The summed E-state index contributed by atoms with van der Waals surface area (Å²) in [7, 11) is 0. The first kappa shape index (κ1) is 14.4. The highest BCUT2D eigenvalue weighted by Crippen LogP contribution is 2.34. The minimum Gasteiger partial charge on any atom is -0.439 e. The Morgan fingerprint density at radius 1 is 1.29 bits per heavy atom. The molecule has 0 bridgehead atoms. The summed E-state index contributed by atoms with van der Waals surface area (Å²) in [6, 6.07) is 5.62. The molecule has 1 aromatic carbocycles. The highest BCUT2D eigenvalue weighted by Gasteiger charge is 2.29. The second kappa shape index (κ2) is 5.34. The van der Waals surface area contributed by atoms with Crippen molar-refractivity contribution in [3.8, 4) is 0 Å². The number of nitrogens with zero attached hydrogens (tertiary/aromatic N) is 2. The van der Waals surface area contributed by atoms with E-state index in [1.54, 1.807) is 0 Å². The fraction of sp³-hybridized carbons (Fsp3) is 0.588. The lowest BCUT2D eigenvalue weighted by atomic mass is 9.75. The Morgan fingerprint density at radius 2 is 2.00 bits per heavy atom. The molecule has 2 heterocycles. The summed E-state index contributed by atoms with van der Waals surface area (Å²) >= 11 is 0. The van der Waals surface area contributed by atoms with E-state index in [0.717, 1.165) is 48.2 Å². The van der Waals surface area contributed by atoms with Crippen LogP contribution in [0, 0.1) is 11.3 Å². The summed E-state index contributed by atoms with van der Waals surface area (Å²) in [6.07, 6.45) is 2.52. The lowest BCUT2D eigenvalue weighted by Crippen LogP contribution is -2.37. The van der Waals surface area contributed by atoms with Crippen LogP contribution in [0.5, 0.6) is 0 Å². The normalized spacial score (nSPS) is 18.4. The van der Waals surface area contributed by atoms with Crippen molar-refractivity contribution in [3.05, 3.63) is 24.1 Å². The molecule has 3 rings (SSSR count). The molecule has 1 fully saturated rings. The quantitative estimate of drug-likeness (QED) is 0.856. The first-order valence-electron chi connectivity index (χ1n) is 7.79. The Balaban J connectivity index is 1.64. The number of likely N-dealkylation sites (tertiary alicyclic amines) is 1. The average molecular weight is 287 g/mol. The highest BCUT2D eigenvalue weighted by atomic mass is 16.3. The molecule has 4 heteroatoms. The summed E-state index contributed by atoms with van der Waals surface area (Å²) < 4.78 is 5.81. The van der Waals surface area contributed by atoms with Gasteiger partial charge in [-0.05, 0) is 55.5 Å². The number of nitrogen functional groups attached to an aromatic ring is 1. The largest absolute Gasteiger partial charge is 0.439 e. The van der Waals surface area contributed by atoms with E-state index in [4.69, 9.17) is 10.2 Å². The van der Waals surface area contributed by atoms with Crippen molar-refractivity contribution in [1.29, 1.82) is 0 Å². The molecule has 0 atom stereocenters. The van der Waals surface area contributed by atoms with Crippen LogP contribution in [0.25, 0.3) is 11.1 Å². The third kappa shape index (κ3) is 3.21. The summed E-state index contributed by atoms with van der Waals surface area (Å²) in [6.45, 7) is 10.1. The number of oxazole rings is 1. The van der Waals surface area contributed by atoms with Gasteiger partial charge in [-0.1, -0.05) is 20.8 Å². The molecule has 0 saturated carbocycles. The second-order valence-electron chi connectivity index (χ2n) is 7.25. The Labute approximate surface area is 126 Å². The molecule has 2 N–H and O–H groups in total. The van der Waals surface area contributed by atoms with E-state index in [1.807, 2.05) is 18.2 Å². The fourth-order valence-electron chi connectivity index (χ4n) is 3.21. The zero-order valence-electron chi connectivity index (χ0n) is 13.2. The molecule has 0 amide bonds. The zero-order chi connectivity index (χ0) is 15.0. The van der Waals surface area contributed by atoms with Gasteiger partial charge in [0.25, 0.3) is 0 Å². The van der Waals surface area contributed by atoms with Gasteiger partial charge >= 0.3 is 0 Å². The number of piperidine rings is 1. The highest BCUT2D eigenvalue weighted by molar-refractivity contribution is 5.76. The molecule has 1 saturated heterocycles. The Hall–Kier alpha value is -1.55. The smallest absolute Gasteiger partial charge is 0.209 e. The van der Waals surface area contributed by atoms with E-state index in [0.29, 0.717) is 5.41 Å². The summed E-state index contributed by atoms with van der Waals surface area (Å²) in [4.78, 5) is 6.99. The number of hydrogen-bond donors (Lipinski definition) is 1. The Kier molecular flexibility index (Phi) is 3.66. The van der Waals surface area contributed by atoms with Gasteiger partial charge in [0.1, 0.15) is 5.52 Å². The molecule has 0 unspecified atom stereocenters. The number of benzene rings is 1. The number of aromatic nitrogens is 1. The predicted molar refractivity (Wildman–Crippen MR) is 85.9 cm³/mol. The van der Waals surface area contributed by atoms with Gasteiger partial charge in [-0.15, -0.1) is 0 Å². The number of anilines is 1. The maximum Gasteiger partial charge on any atom is 0.209 e. The van der Waals surface area contributed by atoms with Crippen LogP contribution >= 0.6 is 0 Å². The van der Waals surface area contributed by atoms with Crippen LogP contribution in [0.4, 0.5) is 5.69 Å². The van der Waals surface area contributed by atoms with Crippen LogP contribution in [0.3, 0.4) is 0 Å². The van der Waals surface area contributed by atoms with Crippen LogP contribution in [-0.4, -0.2) is 23.0 Å². The molecule has 2 aromatic rings. The first-order chi connectivity index (χ1) is 9.91. The van der Waals surface area contributed by atoms with E-state index in [2.05, 4.69) is 30.7 Å². The maximum atomic E-state index is 5.81. The lowest BCUT2D eigenvalue weighted by Gasteiger charge is -2.38. The van der Waals surface area contributed by atoms with Crippen LogP contribution in [0.2, 0.25) is 0 Å². The SMILES string of the molecule is CC(C)(C)C1CCN(Cc2nc3cc(N)ccc3o2)CC1. The number of hydrogen-bond acceptors (Lipinski definition) is 4. The van der Waals surface area contributed by atoms with Crippen LogP contribution in [-0.2, 0) is 6.54 Å². The number of fused-ring (bicyclic) bond motifs is 1. The van der Waals surface area contributed by atoms with Gasteiger partial charge in [0, 0.05) is 5.69 Å². The number of nitrogens with two attached hydrogens (primary N) is 1. The molecule has 4 nitrogen and oxygen atoms in total. The van der Waals surface area contributed by atoms with E-state index in [9.17, 15) is 0 Å². The summed E-state index contributed by atoms with van der Waals surface area (Å²) in [5, 5.41) is 0. The van der Waals surface area contributed by atoms with E-state index in [-0.39, 0.29) is 0 Å². The Bertz CT molecular complexity index is 618. The van der Waals surface area contributed by atoms with E-state index < -0.39 is 0 Å². The molecule has 0 aliphatic carbocycles. The third-order valence-corrected chi connectivity index (χ3v) is 4.63. The third-order valence-electron chi connectivity index (χ3n) is 4.63.